The summed E-state index contributed by atoms with van der Waals surface area (Å²) in [5.74, 6) is -1.38. The highest BCUT2D eigenvalue weighted by atomic mass is 32.2. The van der Waals surface area contributed by atoms with Crippen molar-refractivity contribution in [3.8, 4) is 0 Å². The number of rotatable bonds is 3. The topological polar surface area (TPSA) is 60.4 Å². The first kappa shape index (κ1) is 9.78. The SMILES string of the molecule is CC(C(O)C(=O)[O-])[S+](C)C. The summed E-state index contributed by atoms with van der Waals surface area (Å²) in [5, 5.41) is 18.8. The second-order valence-electron chi connectivity index (χ2n) is 2.35. The fourth-order valence-electron chi connectivity index (χ4n) is 0.449. The summed E-state index contributed by atoms with van der Waals surface area (Å²) >= 11 is 0. The zero-order valence-electron chi connectivity index (χ0n) is 6.33. The predicted molar refractivity (Wildman–Crippen MR) is 39.7 cm³/mol. The summed E-state index contributed by atoms with van der Waals surface area (Å²) < 4.78 is 0. The van der Waals surface area contributed by atoms with Gasteiger partial charge in [-0.2, -0.15) is 0 Å². The van der Waals surface area contributed by atoms with Crippen molar-refractivity contribution in [1.82, 2.24) is 0 Å². The standard InChI is InChI=1S/C6H12O3S/c1-4(10(2)3)5(7)6(8)9/h4-5,7H,1-3H3. The lowest BCUT2D eigenvalue weighted by molar-refractivity contribution is -0.314. The van der Waals surface area contributed by atoms with Crippen molar-refractivity contribution in [2.24, 2.45) is 0 Å². The Morgan fingerprint density at radius 1 is 1.60 bits per heavy atom. The molecule has 0 spiro atoms. The summed E-state index contributed by atoms with van der Waals surface area (Å²) in [7, 11) is -0.0818. The first-order chi connectivity index (χ1) is 4.46. The van der Waals surface area contributed by atoms with E-state index in [1.165, 1.54) is 0 Å². The van der Waals surface area contributed by atoms with Gasteiger partial charge in [0.1, 0.15) is 11.4 Å². The molecule has 2 atom stereocenters. The summed E-state index contributed by atoms with van der Waals surface area (Å²) in [6.07, 6.45) is 2.45. The van der Waals surface area contributed by atoms with Gasteiger partial charge in [0.05, 0.1) is 18.5 Å². The average Bonchev–Trinajstić information content (AvgIpc) is 1.84. The van der Waals surface area contributed by atoms with E-state index in [1.807, 2.05) is 12.5 Å². The number of aliphatic carboxylic acids is 1. The predicted octanol–water partition coefficient (Wildman–Crippen LogP) is -1.64. The Labute approximate surface area is 63.4 Å². The second-order valence-corrected chi connectivity index (χ2v) is 4.85. The number of hydrogen-bond donors (Lipinski definition) is 1. The fourth-order valence-corrected chi connectivity index (χ4v) is 1.08. The van der Waals surface area contributed by atoms with Crippen molar-refractivity contribution in [3.63, 3.8) is 0 Å². The molecule has 60 valence electrons. The molecule has 2 unspecified atom stereocenters. The molecule has 0 heterocycles. The maximum absolute atomic E-state index is 10.1. The highest BCUT2D eigenvalue weighted by Crippen LogP contribution is 2.03. The van der Waals surface area contributed by atoms with Gasteiger partial charge in [-0.25, -0.2) is 0 Å². The van der Waals surface area contributed by atoms with Crippen LogP contribution in [0.3, 0.4) is 0 Å². The molecule has 0 bridgehead atoms. The maximum Gasteiger partial charge on any atom is 0.146 e. The Balaban J connectivity index is 3.94. The van der Waals surface area contributed by atoms with Gasteiger partial charge in [-0.1, -0.05) is 0 Å². The number of aliphatic hydroxyl groups excluding tert-OH is 1. The van der Waals surface area contributed by atoms with Crippen LogP contribution in [-0.2, 0) is 15.7 Å². The Hall–Kier alpha value is -0.220. The molecule has 0 radical (unpaired) electrons. The van der Waals surface area contributed by atoms with Crippen molar-refractivity contribution in [1.29, 1.82) is 0 Å². The van der Waals surface area contributed by atoms with Gasteiger partial charge in [-0.3, -0.25) is 0 Å². The largest absolute Gasteiger partial charge is 0.547 e. The van der Waals surface area contributed by atoms with Crippen LogP contribution in [0.2, 0.25) is 0 Å². The minimum absolute atomic E-state index is 0.0818. The lowest BCUT2D eigenvalue weighted by atomic mass is 10.3. The van der Waals surface area contributed by atoms with Crippen LogP contribution in [0.25, 0.3) is 0 Å². The van der Waals surface area contributed by atoms with Crippen LogP contribution in [-0.4, -0.2) is 34.9 Å². The van der Waals surface area contributed by atoms with Crippen molar-refractivity contribution in [2.45, 2.75) is 18.3 Å². The van der Waals surface area contributed by atoms with E-state index in [2.05, 4.69) is 0 Å². The zero-order valence-corrected chi connectivity index (χ0v) is 7.14. The molecule has 0 saturated carbocycles. The third kappa shape index (κ3) is 2.58. The lowest BCUT2D eigenvalue weighted by Gasteiger charge is -2.15. The Bertz CT molecular complexity index is 124. The molecule has 0 aliphatic carbocycles. The highest BCUT2D eigenvalue weighted by molar-refractivity contribution is 7.96. The number of carbonyl (C=O) groups is 1. The number of carboxylic acids is 1. The maximum atomic E-state index is 10.1. The van der Waals surface area contributed by atoms with Crippen LogP contribution >= 0.6 is 0 Å². The van der Waals surface area contributed by atoms with E-state index in [4.69, 9.17) is 5.11 Å². The number of carboxylic acid groups (broad SMARTS) is 1. The molecule has 0 fully saturated rings. The lowest BCUT2D eigenvalue weighted by Crippen LogP contribution is -2.44. The number of hydrogen-bond acceptors (Lipinski definition) is 3. The van der Waals surface area contributed by atoms with Crippen molar-refractivity contribution < 1.29 is 15.0 Å². The van der Waals surface area contributed by atoms with E-state index in [1.54, 1.807) is 6.92 Å². The molecule has 0 aromatic carbocycles. The van der Waals surface area contributed by atoms with Crippen LogP contribution in [0.4, 0.5) is 0 Å². The van der Waals surface area contributed by atoms with Gasteiger partial charge in [0.2, 0.25) is 0 Å². The van der Waals surface area contributed by atoms with E-state index in [-0.39, 0.29) is 16.1 Å². The van der Waals surface area contributed by atoms with Crippen LogP contribution < -0.4 is 5.11 Å². The van der Waals surface area contributed by atoms with Crippen molar-refractivity contribution in [2.75, 3.05) is 12.5 Å². The molecule has 0 rings (SSSR count). The highest BCUT2D eigenvalue weighted by Gasteiger charge is 2.25. The third-order valence-electron chi connectivity index (χ3n) is 1.43. The Morgan fingerprint density at radius 3 is 2.10 bits per heavy atom. The van der Waals surface area contributed by atoms with E-state index in [0.717, 1.165) is 0 Å². The quantitative estimate of drug-likeness (QED) is 0.509. The van der Waals surface area contributed by atoms with Crippen LogP contribution in [0.5, 0.6) is 0 Å². The minimum Gasteiger partial charge on any atom is -0.547 e. The third-order valence-corrected chi connectivity index (χ3v) is 3.17. The van der Waals surface area contributed by atoms with Crippen LogP contribution in [0, 0.1) is 0 Å². The molecule has 0 aromatic rings. The van der Waals surface area contributed by atoms with E-state index >= 15 is 0 Å². The number of carbonyl (C=O) groups excluding carboxylic acids is 1. The van der Waals surface area contributed by atoms with Crippen molar-refractivity contribution in [3.05, 3.63) is 0 Å². The molecule has 0 amide bonds. The van der Waals surface area contributed by atoms with Gasteiger partial charge in [0.15, 0.2) is 0 Å². The summed E-state index contributed by atoms with van der Waals surface area (Å²) in [6.45, 7) is 1.70. The smallest absolute Gasteiger partial charge is 0.146 e. The van der Waals surface area contributed by atoms with Crippen LogP contribution in [0.15, 0.2) is 0 Å². The molecule has 0 aliphatic heterocycles. The summed E-state index contributed by atoms with van der Waals surface area (Å²) in [4.78, 5) is 10.1. The van der Waals surface area contributed by atoms with Crippen molar-refractivity contribution >= 4 is 16.9 Å². The normalized spacial score (nSPS) is 16.9. The van der Waals surface area contributed by atoms with E-state index in [0.29, 0.717) is 0 Å². The zero-order chi connectivity index (χ0) is 8.31. The first-order valence-electron chi connectivity index (χ1n) is 2.92. The van der Waals surface area contributed by atoms with Crippen LogP contribution in [0.1, 0.15) is 6.92 Å². The molecular weight excluding hydrogens is 152 g/mol. The molecule has 0 aliphatic rings. The summed E-state index contributed by atoms with van der Waals surface area (Å²) in [5.41, 5.74) is 0. The van der Waals surface area contributed by atoms with Gasteiger partial charge in [0.25, 0.3) is 0 Å². The molecule has 1 N–H and O–H groups in total. The van der Waals surface area contributed by atoms with E-state index < -0.39 is 12.1 Å². The fraction of sp³-hybridized carbons (Fsp3) is 0.833. The van der Waals surface area contributed by atoms with E-state index in [9.17, 15) is 9.90 Å². The molecule has 0 saturated heterocycles. The van der Waals surface area contributed by atoms with Gasteiger partial charge < -0.3 is 15.0 Å². The van der Waals surface area contributed by atoms with Gasteiger partial charge >= 0.3 is 0 Å². The molecule has 0 aromatic heterocycles. The Morgan fingerprint density at radius 2 is 2.00 bits per heavy atom. The second kappa shape index (κ2) is 3.83. The van der Waals surface area contributed by atoms with Gasteiger partial charge in [-0.15, -0.1) is 0 Å². The van der Waals surface area contributed by atoms with Gasteiger partial charge in [0, 0.05) is 0 Å². The first-order valence-corrected chi connectivity index (χ1v) is 5.02. The molecule has 3 nitrogen and oxygen atoms in total. The number of aliphatic hydroxyl groups is 1. The Kier molecular flexibility index (Phi) is 3.75. The summed E-state index contributed by atoms with van der Waals surface area (Å²) in [6, 6.07) is 0. The average molecular weight is 164 g/mol. The van der Waals surface area contributed by atoms with Gasteiger partial charge in [-0.05, 0) is 17.8 Å². The monoisotopic (exact) mass is 164 g/mol. The molecular formula is C6H12O3S. The molecule has 4 heteroatoms. The molecule has 10 heavy (non-hydrogen) atoms. The minimum atomic E-state index is -1.38.